The van der Waals surface area contributed by atoms with Gasteiger partial charge in [-0.2, -0.15) is 13.2 Å². The lowest BCUT2D eigenvalue weighted by Gasteiger charge is -2.28. The van der Waals surface area contributed by atoms with Crippen LogP contribution in [0, 0.1) is 10.1 Å². The Morgan fingerprint density at radius 2 is 1.96 bits per heavy atom. The van der Waals surface area contributed by atoms with Crippen LogP contribution in [-0.4, -0.2) is 28.3 Å². The molecule has 1 atom stereocenters. The number of carboxylic acid groups (broad SMARTS) is 1. The molecule has 0 bridgehead atoms. The van der Waals surface area contributed by atoms with Crippen LogP contribution in [-0.2, 0) is 4.79 Å². The molecule has 0 spiro atoms. The normalized spacial score (nSPS) is 16.1. The van der Waals surface area contributed by atoms with E-state index < -0.39 is 28.7 Å². The molecule has 0 saturated carbocycles. The molecule has 2 aromatic carbocycles. The molecule has 3 rings (SSSR count). The first kappa shape index (κ1) is 18.7. The van der Waals surface area contributed by atoms with Crippen molar-refractivity contribution in [1.29, 1.82) is 0 Å². The smallest absolute Gasteiger partial charge is 0.430 e. The summed E-state index contributed by atoms with van der Waals surface area (Å²) in [6.45, 7) is 0. The van der Waals surface area contributed by atoms with Crippen molar-refractivity contribution in [2.75, 3.05) is 0 Å². The molecular formula is C17H9ClF3NO5. The average molecular weight is 400 g/mol. The largest absolute Gasteiger partial charge is 0.478 e. The van der Waals surface area contributed by atoms with Crippen LogP contribution < -0.4 is 4.74 Å². The van der Waals surface area contributed by atoms with Crippen molar-refractivity contribution < 1.29 is 32.7 Å². The average Bonchev–Trinajstić information content (AvgIpc) is 2.59. The summed E-state index contributed by atoms with van der Waals surface area (Å²) < 4.78 is 44.9. The Bertz CT molecular complexity index is 987. The number of benzene rings is 2. The molecular weight excluding hydrogens is 391 g/mol. The molecule has 2 aromatic rings. The predicted octanol–water partition coefficient (Wildman–Crippen LogP) is 4.71. The van der Waals surface area contributed by atoms with Gasteiger partial charge in [0.1, 0.15) is 5.75 Å². The fraction of sp³-hybridized carbons (Fsp3) is 0.118. The van der Waals surface area contributed by atoms with Gasteiger partial charge < -0.3 is 9.84 Å². The number of non-ortho nitro benzene ring substituents is 1. The van der Waals surface area contributed by atoms with Crippen LogP contribution in [0.2, 0.25) is 5.02 Å². The molecule has 0 aromatic heterocycles. The maximum Gasteiger partial charge on any atom is 0.430 e. The van der Waals surface area contributed by atoms with Gasteiger partial charge >= 0.3 is 12.1 Å². The van der Waals surface area contributed by atoms with Gasteiger partial charge in [0.2, 0.25) is 6.10 Å². The zero-order chi connectivity index (χ0) is 19.9. The number of carboxylic acids is 1. The van der Waals surface area contributed by atoms with Gasteiger partial charge in [-0.05, 0) is 23.8 Å². The molecule has 0 aliphatic carbocycles. The van der Waals surface area contributed by atoms with Crippen LogP contribution in [0.1, 0.15) is 5.56 Å². The van der Waals surface area contributed by atoms with E-state index >= 15 is 0 Å². The van der Waals surface area contributed by atoms with Crippen LogP contribution >= 0.6 is 11.6 Å². The summed E-state index contributed by atoms with van der Waals surface area (Å²) in [5.74, 6) is -2.04. The molecule has 0 amide bonds. The molecule has 0 fully saturated rings. The van der Waals surface area contributed by atoms with Crippen LogP contribution in [0.3, 0.4) is 0 Å². The monoisotopic (exact) mass is 399 g/mol. The number of rotatable bonds is 3. The Kier molecular flexibility index (Phi) is 4.56. The third-order valence-corrected chi connectivity index (χ3v) is 4.04. The van der Waals surface area contributed by atoms with Crippen molar-refractivity contribution in [3.63, 3.8) is 0 Å². The number of carbonyl (C=O) groups is 1. The highest BCUT2D eigenvalue weighted by atomic mass is 35.5. The number of alkyl halides is 3. The molecule has 1 heterocycles. The number of hydrogen-bond donors (Lipinski definition) is 1. The van der Waals surface area contributed by atoms with Gasteiger partial charge in [0.25, 0.3) is 5.69 Å². The van der Waals surface area contributed by atoms with E-state index in [4.69, 9.17) is 21.4 Å². The van der Waals surface area contributed by atoms with E-state index in [2.05, 4.69) is 0 Å². The summed E-state index contributed by atoms with van der Waals surface area (Å²) in [5.41, 5.74) is -0.942. The Morgan fingerprint density at radius 1 is 1.26 bits per heavy atom. The summed E-state index contributed by atoms with van der Waals surface area (Å²) in [7, 11) is 0. The third kappa shape index (κ3) is 3.59. The SMILES string of the molecule is O=C(O)C1=Cc2cc(Cl)cc(-c3cccc([N+](=O)[O-])c3)c2OC1C(F)(F)F. The van der Waals surface area contributed by atoms with Crippen LogP contribution in [0.15, 0.2) is 42.0 Å². The van der Waals surface area contributed by atoms with Crippen molar-refractivity contribution in [3.8, 4) is 16.9 Å². The van der Waals surface area contributed by atoms with Gasteiger partial charge in [0.05, 0.1) is 10.5 Å². The summed E-state index contributed by atoms with van der Waals surface area (Å²) >= 11 is 6.00. The molecule has 1 aliphatic rings. The van der Waals surface area contributed by atoms with Crippen molar-refractivity contribution >= 4 is 29.3 Å². The van der Waals surface area contributed by atoms with E-state index in [0.717, 1.165) is 12.1 Å². The summed E-state index contributed by atoms with van der Waals surface area (Å²) in [6, 6.07) is 7.75. The van der Waals surface area contributed by atoms with Crippen molar-refractivity contribution in [2.24, 2.45) is 0 Å². The Hall–Kier alpha value is -3.07. The van der Waals surface area contributed by atoms with Gasteiger partial charge in [-0.3, -0.25) is 10.1 Å². The minimum Gasteiger partial charge on any atom is -0.478 e. The van der Waals surface area contributed by atoms with E-state index in [-0.39, 0.29) is 33.1 Å². The minimum atomic E-state index is -4.97. The lowest BCUT2D eigenvalue weighted by atomic mass is 9.95. The molecule has 1 N–H and O–H groups in total. The molecule has 10 heteroatoms. The minimum absolute atomic E-state index is 0.0295. The van der Waals surface area contributed by atoms with E-state index in [0.29, 0.717) is 0 Å². The van der Waals surface area contributed by atoms with E-state index in [1.807, 2.05) is 0 Å². The first-order valence-corrected chi connectivity index (χ1v) is 7.72. The quantitative estimate of drug-likeness (QED) is 0.596. The number of nitro benzene ring substituents is 1. The van der Waals surface area contributed by atoms with Crippen molar-refractivity contribution in [1.82, 2.24) is 0 Å². The fourth-order valence-electron chi connectivity index (χ4n) is 2.70. The van der Waals surface area contributed by atoms with Crippen LogP contribution in [0.5, 0.6) is 5.75 Å². The second-order valence-corrected chi connectivity index (χ2v) is 6.06. The lowest BCUT2D eigenvalue weighted by molar-refractivity contribution is -0.384. The van der Waals surface area contributed by atoms with E-state index in [1.165, 1.54) is 30.3 Å². The first-order valence-electron chi connectivity index (χ1n) is 7.34. The fourth-order valence-corrected chi connectivity index (χ4v) is 2.92. The number of aliphatic carboxylic acids is 1. The molecule has 1 aliphatic heterocycles. The molecule has 6 nitrogen and oxygen atoms in total. The summed E-state index contributed by atoms with van der Waals surface area (Å²) in [5, 5.41) is 20.2. The summed E-state index contributed by atoms with van der Waals surface area (Å²) in [6.07, 6.45) is -6.81. The Labute approximate surface area is 154 Å². The van der Waals surface area contributed by atoms with Gasteiger partial charge in [0.15, 0.2) is 0 Å². The Balaban J connectivity index is 2.23. The van der Waals surface area contributed by atoms with Gasteiger partial charge in [-0.25, -0.2) is 4.79 Å². The standard InChI is InChI=1S/C17H9ClF3NO5/c18-10-4-9-6-13(16(23)24)15(17(19,20)21)27-14(9)12(7-10)8-2-1-3-11(5-8)22(25)26/h1-7,15H,(H,23,24). The number of nitrogens with zero attached hydrogens (tertiary/aromatic N) is 1. The van der Waals surface area contributed by atoms with Gasteiger partial charge in [0, 0.05) is 28.3 Å². The molecule has 1 unspecified atom stereocenters. The second-order valence-electron chi connectivity index (χ2n) is 5.62. The highest BCUT2D eigenvalue weighted by Gasteiger charge is 2.48. The molecule has 0 radical (unpaired) electrons. The second kappa shape index (κ2) is 6.58. The zero-order valence-electron chi connectivity index (χ0n) is 13.2. The zero-order valence-corrected chi connectivity index (χ0v) is 13.9. The Morgan fingerprint density at radius 3 is 2.56 bits per heavy atom. The maximum atomic E-state index is 13.3. The number of ether oxygens (including phenoxy) is 1. The first-order chi connectivity index (χ1) is 12.6. The predicted molar refractivity (Wildman–Crippen MR) is 89.6 cm³/mol. The molecule has 0 saturated heterocycles. The van der Waals surface area contributed by atoms with Crippen LogP contribution in [0.25, 0.3) is 17.2 Å². The summed E-state index contributed by atoms with van der Waals surface area (Å²) in [4.78, 5) is 21.5. The highest BCUT2D eigenvalue weighted by Crippen LogP contribution is 2.44. The van der Waals surface area contributed by atoms with E-state index in [9.17, 15) is 28.1 Å². The van der Waals surface area contributed by atoms with Gasteiger partial charge in [-0.15, -0.1) is 0 Å². The third-order valence-electron chi connectivity index (χ3n) is 3.82. The molecule has 27 heavy (non-hydrogen) atoms. The lowest BCUT2D eigenvalue weighted by Crippen LogP contribution is -2.40. The van der Waals surface area contributed by atoms with E-state index in [1.54, 1.807) is 0 Å². The number of fused-ring (bicyclic) bond motifs is 1. The van der Waals surface area contributed by atoms with Gasteiger partial charge in [-0.1, -0.05) is 23.7 Å². The number of nitro groups is 1. The highest BCUT2D eigenvalue weighted by molar-refractivity contribution is 6.31. The topological polar surface area (TPSA) is 89.7 Å². The van der Waals surface area contributed by atoms with Crippen molar-refractivity contribution in [2.45, 2.75) is 12.3 Å². The number of halogens is 4. The van der Waals surface area contributed by atoms with Crippen molar-refractivity contribution in [3.05, 3.63) is 62.7 Å². The van der Waals surface area contributed by atoms with Crippen LogP contribution in [0.4, 0.5) is 18.9 Å². The molecule has 140 valence electrons. The maximum absolute atomic E-state index is 13.3. The number of hydrogen-bond acceptors (Lipinski definition) is 4.